The number of hydrogen-bond donors (Lipinski definition) is 1. The molecule has 0 spiro atoms. The van der Waals surface area contributed by atoms with Crippen LogP contribution in [0, 0.1) is 6.92 Å². The maximum atomic E-state index is 12.8. The minimum absolute atomic E-state index is 0.157. The lowest BCUT2D eigenvalue weighted by atomic mass is 10.2. The van der Waals surface area contributed by atoms with Crippen LogP contribution in [0.15, 0.2) is 24.3 Å². The first kappa shape index (κ1) is 20.4. The molecule has 0 radical (unpaired) electrons. The number of nitrogens with one attached hydrogen (secondary N) is 1. The van der Waals surface area contributed by atoms with Crippen LogP contribution in [0.4, 0.5) is 5.95 Å². The smallest absolute Gasteiger partial charge is 0.272 e. The molecule has 1 aromatic heterocycles. The fraction of sp³-hybridized carbons (Fsp3) is 0.400. The highest BCUT2D eigenvalue weighted by Gasteiger charge is 2.23. The molecule has 9 nitrogen and oxygen atoms in total. The van der Waals surface area contributed by atoms with Gasteiger partial charge in [-0.3, -0.25) is 9.59 Å². The standard InChI is InChI=1S/C20H25N5O4/c1-14-10-16(19(27)25-8-6-24(13-26)7-9-25)23-20(22-14)21-12-15-4-5-17(28-2)18(11-15)29-3/h4-5,10-11,13H,6-9,12H2,1-3H3,(H,21,22,23). The number of nitrogens with zero attached hydrogens (tertiary/aromatic N) is 4. The molecule has 1 aliphatic heterocycles. The summed E-state index contributed by atoms with van der Waals surface area (Å²) < 4.78 is 10.6. The zero-order valence-corrected chi connectivity index (χ0v) is 16.8. The molecule has 0 unspecified atom stereocenters. The summed E-state index contributed by atoms with van der Waals surface area (Å²) >= 11 is 0. The molecule has 0 bridgehead atoms. The van der Waals surface area contributed by atoms with Crippen LogP contribution in [-0.4, -0.2) is 72.5 Å². The first-order valence-corrected chi connectivity index (χ1v) is 9.33. The van der Waals surface area contributed by atoms with Crippen LogP contribution in [0.1, 0.15) is 21.7 Å². The molecule has 0 atom stereocenters. The van der Waals surface area contributed by atoms with Gasteiger partial charge in [-0.15, -0.1) is 0 Å². The molecule has 3 rings (SSSR count). The van der Waals surface area contributed by atoms with E-state index in [0.29, 0.717) is 61.6 Å². The lowest BCUT2D eigenvalue weighted by Crippen LogP contribution is -2.48. The largest absolute Gasteiger partial charge is 0.493 e. The molecular weight excluding hydrogens is 374 g/mol. The summed E-state index contributed by atoms with van der Waals surface area (Å²) in [6.07, 6.45) is 0.812. The predicted octanol–water partition coefficient (Wildman–Crippen LogP) is 1.33. The Labute approximate surface area is 169 Å². The van der Waals surface area contributed by atoms with Crippen LogP contribution in [0.5, 0.6) is 11.5 Å². The summed E-state index contributed by atoms with van der Waals surface area (Å²) in [6, 6.07) is 7.31. The second-order valence-corrected chi connectivity index (χ2v) is 6.69. The normalized spacial score (nSPS) is 13.8. The number of aromatic nitrogens is 2. The highest BCUT2D eigenvalue weighted by Crippen LogP contribution is 2.27. The van der Waals surface area contributed by atoms with Crippen molar-refractivity contribution in [1.82, 2.24) is 19.8 Å². The van der Waals surface area contributed by atoms with Gasteiger partial charge in [0.25, 0.3) is 5.91 Å². The van der Waals surface area contributed by atoms with Gasteiger partial charge in [-0.25, -0.2) is 9.97 Å². The fourth-order valence-corrected chi connectivity index (χ4v) is 3.12. The summed E-state index contributed by atoms with van der Waals surface area (Å²) in [6.45, 7) is 4.34. The summed E-state index contributed by atoms with van der Waals surface area (Å²) in [4.78, 5) is 35.8. The second kappa shape index (κ2) is 9.22. The number of methoxy groups -OCH3 is 2. The van der Waals surface area contributed by atoms with Crippen molar-refractivity contribution in [2.75, 3.05) is 45.7 Å². The van der Waals surface area contributed by atoms with E-state index in [2.05, 4.69) is 15.3 Å². The van der Waals surface area contributed by atoms with Crippen molar-refractivity contribution in [2.45, 2.75) is 13.5 Å². The summed E-state index contributed by atoms with van der Waals surface area (Å²) in [5.74, 6) is 1.53. The van der Waals surface area contributed by atoms with Crippen molar-refractivity contribution >= 4 is 18.3 Å². The van der Waals surface area contributed by atoms with Crippen LogP contribution >= 0.6 is 0 Å². The predicted molar refractivity (Wildman–Crippen MR) is 107 cm³/mol. The maximum Gasteiger partial charge on any atom is 0.272 e. The number of hydrogen-bond acceptors (Lipinski definition) is 7. The first-order valence-electron chi connectivity index (χ1n) is 9.33. The second-order valence-electron chi connectivity index (χ2n) is 6.69. The van der Waals surface area contributed by atoms with E-state index in [1.165, 1.54) is 0 Å². The number of amides is 2. The van der Waals surface area contributed by atoms with Gasteiger partial charge >= 0.3 is 0 Å². The number of ether oxygens (including phenoxy) is 2. The van der Waals surface area contributed by atoms with Gasteiger partial charge in [0.2, 0.25) is 12.4 Å². The average Bonchev–Trinajstić information content (AvgIpc) is 2.76. The molecule has 2 heterocycles. The molecule has 9 heteroatoms. The van der Waals surface area contributed by atoms with Gasteiger partial charge in [-0.1, -0.05) is 6.07 Å². The Bertz CT molecular complexity index is 881. The lowest BCUT2D eigenvalue weighted by Gasteiger charge is -2.32. The van der Waals surface area contributed by atoms with E-state index in [-0.39, 0.29) is 5.91 Å². The number of piperazine rings is 1. The summed E-state index contributed by atoms with van der Waals surface area (Å²) in [5, 5.41) is 3.16. The van der Waals surface area contributed by atoms with Crippen molar-refractivity contribution in [3.8, 4) is 11.5 Å². The topological polar surface area (TPSA) is 96.9 Å². The lowest BCUT2D eigenvalue weighted by molar-refractivity contribution is -0.119. The third-order valence-electron chi connectivity index (χ3n) is 4.72. The Morgan fingerprint density at radius 1 is 1.10 bits per heavy atom. The van der Waals surface area contributed by atoms with Crippen LogP contribution in [0.2, 0.25) is 0 Å². The van der Waals surface area contributed by atoms with E-state index >= 15 is 0 Å². The zero-order chi connectivity index (χ0) is 20.8. The summed E-state index contributed by atoms with van der Waals surface area (Å²) in [5.41, 5.74) is 2.00. The molecule has 0 aliphatic carbocycles. The minimum atomic E-state index is -0.157. The van der Waals surface area contributed by atoms with Gasteiger partial charge in [0, 0.05) is 38.4 Å². The molecule has 2 amide bonds. The van der Waals surface area contributed by atoms with Gasteiger partial charge in [-0.2, -0.15) is 0 Å². The molecule has 1 fully saturated rings. The number of anilines is 1. The molecule has 1 N–H and O–H groups in total. The van der Waals surface area contributed by atoms with Gasteiger partial charge in [-0.05, 0) is 30.7 Å². The van der Waals surface area contributed by atoms with Gasteiger partial charge in [0.1, 0.15) is 5.69 Å². The third-order valence-corrected chi connectivity index (χ3v) is 4.72. The molecule has 1 aromatic carbocycles. The SMILES string of the molecule is COc1ccc(CNc2nc(C)cc(C(=O)N3CCN(C=O)CC3)n2)cc1OC. The monoisotopic (exact) mass is 399 g/mol. The van der Waals surface area contributed by atoms with Gasteiger partial charge in [0.05, 0.1) is 14.2 Å². The van der Waals surface area contributed by atoms with Crippen molar-refractivity contribution in [3.63, 3.8) is 0 Å². The van der Waals surface area contributed by atoms with Crippen molar-refractivity contribution in [1.29, 1.82) is 0 Å². The molecule has 154 valence electrons. The molecule has 0 saturated carbocycles. The van der Waals surface area contributed by atoms with Crippen LogP contribution in [0.3, 0.4) is 0 Å². The molecule has 1 aliphatic rings. The van der Waals surface area contributed by atoms with Crippen molar-refractivity contribution in [2.24, 2.45) is 0 Å². The molecule has 29 heavy (non-hydrogen) atoms. The maximum absolute atomic E-state index is 12.8. The molecular formula is C20H25N5O4. The van der Waals surface area contributed by atoms with E-state index < -0.39 is 0 Å². The van der Waals surface area contributed by atoms with Crippen LogP contribution in [0.25, 0.3) is 0 Å². The van der Waals surface area contributed by atoms with E-state index in [0.717, 1.165) is 12.0 Å². The number of carbonyl (C=O) groups excluding carboxylic acids is 2. The van der Waals surface area contributed by atoms with Crippen molar-refractivity contribution < 1.29 is 19.1 Å². The Morgan fingerprint density at radius 2 is 1.83 bits per heavy atom. The Kier molecular flexibility index (Phi) is 6.48. The Hall–Kier alpha value is -3.36. The summed E-state index contributed by atoms with van der Waals surface area (Å²) in [7, 11) is 3.18. The van der Waals surface area contributed by atoms with Crippen LogP contribution in [-0.2, 0) is 11.3 Å². The number of carbonyl (C=O) groups is 2. The van der Waals surface area contributed by atoms with E-state index in [9.17, 15) is 9.59 Å². The molecule has 1 saturated heterocycles. The van der Waals surface area contributed by atoms with Gasteiger partial charge < -0.3 is 24.6 Å². The van der Waals surface area contributed by atoms with Crippen molar-refractivity contribution in [3.05, 3.63) is 41.2 Å². The average molecular weight is 399 g/mol. The Balaban J connectivity index is 1.69. The highest BCUT2D eigenvalue weighted by atomic mass is 16.5. The van der Waals surface area contributed by atoms with Crippen LogP contribution < -0.4 is 14.8 Å². The Morgan fingerprint density at radius 3 is 2.48 bits per heavy atom. The van der Waals surface area contributed by atoms with E-state index in [1.54, 1.807) is 30.1 Å². The fourth-order valence-electron chi connectivity index (χ4n) is 3.12. The third kappa shape index (κ3) is 4.92. The van der Waals surface area contributed by atoms with E-state index in [1.807, 2.05) is 25.1 Å². The minimum Gasteiger partial charge on any atom is -0.493 e. The zero-order valence-electron chi connectivity index (χ0n) is 16.8. The van der Waals surface area contributed by atoms with Gasteiger partial charge in [0.15, 0.2) is 11.5 Å². The number of rotatable bonds is 7. The number of aryl methyl sites for hydroxylation is 1. The first-order chi connectivity index (χ1) is 14.0. The molecule has 2 aromatic rings. The number of benzene rings is 1. The van der Waals surface area contributed by atoms with E-state index in [4.69, 9.17) is 9.47 Å². The quantitative estimate of drug-likeness (QED) is 0.702. The highest BCUT2D eigenvalue weighted by molar-refractivity contribution is 5.92.